The molecule has 0 aliphatic carbocycles. The average molecular weight is 280 g/mol. The third kappa shape index (κ3) is 3.09. The molecule has 0 N–H and O–H groups in total. The summed E-state index contributed by atoms with van der Waals surface area (Å²) in [5.41, 5.74) is 0.948. The van der Waals surface area contributed by atoms with Gasteiger partial charge in [0.25, 0.3) is 0 Å². The summed E-state index contributed by atoms with van der Waals surface area (Å²) in [6, 6.07) is 5.78. The van der Waals surface area contributed by atoms with Crippen LogP contribution < -0.4 is 4.74 Å². The van der Waals surface area contributed by atoms with Crippen LogP contribution in [0.4, 0.5) is 4.39 Å². The molecule has 0 bridgehead atoms. The molecule has 2 rings (SSSR count). The van der Waals surface area contributed by atoms with Crippen molar-refractivity contribution >= 4 is 17.4 Å². The van der Waals surface area contributed by atoms with E-state index >= 15 is 0 Å². The van der Waals surface area contributed by atoms with Gasteiger partial charge in [-0.3, -0.25) is 9.78 Å². The molecule has 0 amide bonds. The lowest BCUT2D eigenvalue weighted by Gasteiger charge is -2.05. The normalized spacial score (nSPS) is 10.3. The van der Waals surface area contributed by atoms with Gasteiger partial charge in [0, 0.05) is 24.4 Å². The van der Waals surface area contributed by atoms with E-state index in [4.69, 9.17) is 16.3 Å². The van der Waals surface area contributed by atoms with Crippen molar-refractivity contribution < 1.29 is 13.9 Å². The summed E-state index contributed by atoms with van der Waals surface area (Å²) in [6.45, 7) is 0. The minimum Gasteiger partial charge on any atom is -0.494 e. The minimum atomic E-state index is -0.561. The number of methoxy groups -OCH3 is 1. The first-order chi connectivity index (χ1) is 9.11. The Hall–Kier alpha value is -1.94. The van der Waals surface area contributed by atoms with Crippen LogP contribution >= 0.6 is 11.6 Å². The molecule has 1 heterocycles. The fraction of sp³-hybridized carbons (Fsp3) is 0.143. The molecular formula is C14H11ClFNO2. The van der Waals surface area contributed by atoms with E-state index in [1.807, 2.05) is 0 Å². The summed E-state index contributed by atoms with van der Waals surface area (Å²) >= 11 is 5.93. The number of pyridine rings is 1. The van der Waals surface area contributed by atoms with Gasteiger partial charge in [-0.25, -0.2) is 4.39 Å². The van der Waals surface area contributed by atoms with E-state index in [0.717, 1.165) is 6.07 Å². The van der Waals surface area contributed by atoms with Crippen LogP contribution in [0.25, 0.3) is 0 Å². The number of ketones is 1. The molecule has 0 saturated heterocycles. The van der Waals surface area contributed by atoms with E-state index in [9.17, 15) is 9.18 Å². The zero-order chi connectivity index (χ0) is 13.8. The Balaban J connectivity index is 2.21. The van der Waals surface area contributed by atoms with Crippen molar-refractivity contribution in [1.82, 2.24) is 4.98 Å². The fourth-order valence-electron chi connectivity index (χ4n) is 1.66. The van der Waals surface area contributed by atoms with Gasteiger partial charge in [0.1, 0.15) is 0 Å². The molecule has 0 saturated carbocycles. The molecule has 1 aromatic carbocycles. The van der Waals surface area contributed by atoms with Crippen LogP contribution in [0, 0.1) is 5.82 Å². The molecule has 0 aliphatic heterocycles. The van der Waals surface area contributed by atoms with E-state index in [1.54, 1.807) is 12.3 Å². The lowest BCUT2D eigenvalue weighted by Crippen LogP contribution is -2.05. The molecule has 0 aliphatic rings. The summed E-state index contributed by atoms with van der Waals surface area (Å²) in [7, 11) is 1.37. The third-order valence-electron chi connectivity index (χ3n) is 2.68. The summed E-state index contributed by atoms with van der Waals surface area (Å²) in [6.07, 6.45) is 3.13. The second kappa shape index (κ2) is 5.80. The Bertz CT molecular complexity index is 616. The summed E-state index contributed by atoms with van der Waals surface area (Å²) < 4.78 is 18.3. The molecule has 0 radical (unpaired) electrons. The van der Waals surface area contributed by atoms with Crippen molar-refractivity contribution in [2.24, 2.45) is 0 Å². The van der Waals surface area contributed by atoms with Gasteiger partial charge < -0.3 is 4.74 Å². The van der Waals surface area contributed by atoms with Crippen molar-refractivity contribution in [3.8, 4) is 5.75 Å². The Morgan fingerprint density at radius 3 is 2.84 bits per heavy atom. The first-order valence-electron chi connectivity index (χ1n) is 5.57. The van der Waals surface area contributed by atoms with Crippen molar-refractivity contribution in [1.29, 1.82) is 0 Å². The number of hydrogen-bond donors (Lipinski definition) is 0. The summed E-state index contributed by atoms with van der Waals surface area (Å²) in [5.74, 6) is -0.665. The monoisotopic (exact) mass is 279 g/mol. The second-order valence-corrected chi connectivity index (χ2v) is 4.32. The number of ether oxygens (including phenoxy) is 1. The maximum absolute atomic E-state index is 13.5. The second-order valence-electron chi connectivity index (χ2n) is 3.92. The molecule has 0 spiro atoms. The van der Waals surface area contributed by atoms with Gasteiger partial charge in [-0.05, 0) is 29.8 Å². The SMILES string of the molecule is COc1ccc(C(=O)Cc2ccncc2Cl)cc1F. The first kappa shape index (κ1) is 13.5. The quantitative estimate of drug-likeness (QED) is 0.806. The molecule has 0 unspecified atom stereocenters. The number of Topliss-reactive ketones (excluding diaryl/α,β-unsaturated/α-hetero) is 1. The highest BCUT2D eigenvalue weighted by molar-refractivity contribution is 6.31. The summed E-state index contributed by atoms with van der Waals surface area (Å²) in [5, 5.41) is 0.421. The number of halogens is 2. The van der Waals surface area contributed by atoms with Gasteiger partial charge in [0.2, 0.25) is 0 Å². The number of carbonyl (C=O) groups excluding carboxylic acids is 1. The molecule has 0 fully saturated rings. The van der Waals surface area contributed by atoms with Gasteiger partial charge in [0.15, 0.2) is 17.3 Å². The zero-order valence-corrected chi connectivity index (χ0v) is 10.9. The predicted octanol–water partition coefficient (Wildman–Crippen LogP) is 3.31. The molecule has 1 aromatic heterocycles. The molecule has 2 aromatic rings. The van der Waals surface area contributed by atoms with Gasteiger partial charge in [-0.2, -0.15) is 0 Å². The van der Waals surface area contributed by atoms with Crippen LogP contribution in [0.5, 0.6) is 5.75 Å². The van der Waals surface area contributed by atoms with E-state index in [-0.39, 0.29) is 23.5 Å². The maximum Gasteiger partial charge on any atom is 0.167 e. The van der Waals surface area contributed by atoms with Gasteiger partial charge in [0.05, 0.1) is 12.1 Å². The van der Waals surface area contributed by atoms with Crippen LogP contribution in [0.15, 0.2) is 36.7 Å². The number of carbonyl (C=O) groups is 1. The number of benzene rings is 1. The Labute approximate surface area is 115 Å². The first-order valence-corrected chi connectivity index (χ1v) is 5.94. The predicted molar refractivity (Wildman–Crippen MR) is 70.2 cm³/mol. The third-order valence-corrected chi connectivity index (χ3v) is 3.02. The van der Waals surface area contributed by atoms with Crippen molar-refractivity contribution in [2.45, 2.75) is 6.42 Å². The van der Waals surface area contributed by atoms with Crippen molar-refractivity contribution in [3.05, 3.63) is 58.6 Å². The molecule has 0 atom stereocenters. The van der Waals surface area contributed by atoms with Gasteiger partial charge in [-0.15, -0.1) is 0 Å². The molecule has 98 valence electrons. The van der Waals surface area contributed by atoms with Crippen LogP contribution in [0.3, 0.4) is 0 Å². The highest BCUT2D eigenvalue weighted by atomic mass is 35.5. The smallest absolute Gasteiger partial charge is 0.167 e. The molecular weight excluding hydrogens is 269 g/mol. The van der Waals surface area contributed by atoms with Crippen LogP contribution in [0.1, 0.15) is 15.9 Å². The van der Waals surface area contributed by atoms with Crippen LogP contribution in [0.2, 0.25) is 5.02 Å². The number of rotatable bonds is 4. The Morgan fingerprint density at radius 2 is 2.21 bits per heavy atom. The van der Waals surface area contributed by atoms with Gasteiger partial charge >= 0.3 is 0 Å². The highest BCUT2D eigenvalue weighted by Gasteiger charge is 2.12. The molecule has 19 heavy (non-hydrogen) atoms. The van der Waals surface area contributed by atoms with Crippen LogP contribution in [-0.2, 0) is 6.42 Å². The lowest BCUT2D eigenvalue weighted by molar-refractivity contribution is 0.0992. The van der Waals surface area contributed by atoms with E-state index in [1.165, 1.54) is 25.4 Å². The Morgan fingerprint density at radius 1 is 1.42 bits per heavy atom. The standard InChI is InChI=1S/C14H11ClFNO2/c1-19-14-3-2-10(6-12(14)16)13(18)7-9-4-5-17-8-11(9)15/h2-6,8H,7H2,1H3. The summed E-state index contributed by atoms with van der Waals surface area (Å²) in [4.78, 5) is 15.9. The van der Waals surface area contributed by atoms with E-state index in [0.29, 0.717) is 10.6 Å². The van der Waals surface area contributed by atoms with Crippen molar-refractivity contribution in [2.75, 3.05) is 7.11 Å². The van der Waals surface area contributed by atoms with Crippen LogP contribution in [-0.4, -0.2) is 17.9 Å². The van der Waals surface area contributed by atoms with Crippen molar-refractivity contribution in [3.63, 3.8) is 0 Å². The number of aromatic nitrogens is 1. The zero-order valence-electron chi connectivity index (χ0n) is 10.2. The van der Waals surface area contributed by atoms with E-state index in [2.05, 4.69) is 4.98 Å². The number of nitrogens with zero attached hydrogens (tertiary/aromatic N) is 1. The average Bonchev–Trinajstić information content (AvgIpc) is 2.41. The minimum absolute atomic E-state index is 0.104. The maximum atomic E-state index is 13.5. The molecule has 5 heteroatoms. The number of hydrogen-bond acceptors (Lipinski definition) is 3. The largest absolute Gasteiger partial charge is 0.494 e. The Kier molecular flexibility index (Phi) is 4.12. The van der Waals surface area contributed by atoms with Gasteiger partial charge in [-0.1, -0.05) is 11.6 Å². The van der Waals surface area contributed by atoms with E-state index < -0.39 is 5.82 Å². The topological polar surface area (TPSA) is 39.2 Å². The fourth-order valence-corrected chi connectivity index (χ4v) is 1.85. The molecule has 3 nitrogen and oxygen atoms in total. The highest BCUT2D eigenvalue weighted by Crippen LogP contribution is 2.20. The lowest BCUT2D eigenvalue weighted by atomic mass is 10.0.